The molecular weight excluding hydrogens is 484 g/mol. The molecule has 0 aromatic heterocycles. The molecule has 0 saturated heterocycles. The molecule has 0 saturated carbocycles. The molecule has 1 N–H and O–H groups in total. The van der Waals surface area contributed by atoms with Crippen LogP contribution >= 0.6 is 15.9 Å². The van der Waals surface area contributed by atoms with Gasteiger partial charge in [0.05, 0.1) is 0 Å². The minimum Gasteiger partial charge on any atom is -0.507 e. The third kappa shape index (κ3) is 8.17. The van der Waals surface area contributed by atoms with E-state index in [9.17, 15) is 5.11 Å². The van der Waals surface area contributed by atoms with Crippen LogP contribution in [-0.2, 0) is 11.8 Å². The van der Waals surface area contributed by atoms with Gasteiger partial charge in [-0.05, 0) is 81.3 Å². The monoisotopic (exact) mass is 536 g/mol. The Hall–Kier alpha value is -0.700. The van der Waals surface area contributed by atoms with E-state index in [0.717, 1.165) is 65.4 Å². The highest BCUT2D eigenvalue weighted by molar-refractivity contribution is 9.08. The van der Waals surface area contributed by atoms with E-state index in [4.69, 9.17) is 4.74 Å². The van der Waals surface area contributed by atoms with E-state index in [2.05, 4.69) is 64.4 Å². The van der Waals surface area contributed by atoms with E-state index in [1.54, 1.807) is 0 Å². The topological polar surface area (TPSA) is 29.5 Å². The van der Waals surface area contributed by atoms with Gasteiger partial charge in [-0.15, -0.1) is 0 Å². The fourth-order valence-electron chi connectivity index (χ4n) is 5.54. The van der Waals surface area contributed by atoms with E-state index >= 15 is 0 Å². The minimum absolute atomic E-state index is 0.0912. The maximum atomic E-state index is 10.6. The highest BCUT2D eigenvalue weighted by Gasteiger charge is 2.34. The quantitative estimate of drug-likeness (QED) is 0.239. The van der Waals surface area contributed by atoms with Crippen LogP contribution in [0.2, 0.25) is 0 Å². The second-order valence-electron chi connectivity index (χ2n) is 12.3. The van der Waals surface area contributed by atoms with Gasteiger partial charge in [-0.3, -0.25) is 0 Å². The second-order valence-corrected chi connectivity index (χ2v) is 12.8. The van der Waals surface area contributed by atoms with Crippen molar-refractivity contribution < 1.29 is 9.84 Å². The number of halogens is 1. The standard InChI is InChI=1S/C31H53BrO2/c1-21(2)24(5)16-10-14-22(3)12-9-13-23(4)15-11-18-31(8)19-17-27-28(20-32)29(33)25(6)26(7)30(27)34-31/h21-24,33H,9-20H2,1-8H3/t22-,23+,24-,31?/m0/s1. The van der Waals surface area contributed by atoms with Crippen LogP contribution in [0.3, 0.4) is 0 Å². The van der Waals surface area contributed by atoms with E-state index in [1.165, 1.54) is 56.9 Å². The van der Waals surface area contributed by atoms with Gasteiger partial charge in [0.25, 0.3) is 0 Å². The van der Waals surface area contributed by atoms with Crippen molar-refractivity contribution in [3.63, 3.8) is 0 Å². The molecule has 0 fully saturated rings. The summed E-state index contributed by atoms with van der Waals surface area (Å²) in [4.78, 5) is 0. The van der Waals surface area contributed by atoms with E-state index in [1.807, 2.05) is 6.92 Å². The van der Waals surface area contributed by atoms with Gasteiger partial charge in [-0.25, -0.2) is 0 Å². The molecule has 0 aliphatic carbocycles. The van der Waals surface area contributed by atoms with Crippen LogP contribution in [0.25, 0.3) is 0 Å². The number of fused-ring (bicyclic) bond motifs is 1. The molecule has 0 radical (unpaired) electrons. The highest BCUT2D eigenvalue weighted by atomic mass is 79.9. The Labute approximate surface area is 219 Å². The molecule has 2 nitrogen and oxygen atoms in total. The van der Waals surface area contributed by atoms with Gasteiger partial charge < -0.3 is 9.84 Å². The summed E-state index contributed by atoms with van der Waals surface area (Å²) in [5.74, 6) is 4.82. The Morgan fingerprint density at radius 1 is 0.882 bits per heavy atom. The summed E-state index contributed by atoms with van der Waals surface area (Å²) in [6, 6.07) is 0. The molecule has 34 heavy (non-hydrogen) atoms. The Balaban J connectivity index is 1.73. The van der Waals surface area contributed by atoms with Gasteiger partial charge in [-0.2, -0.15) is 0 Å². The van der Waals surface area contributed by atoms with E-state index in [0.29, 0.717) is 11.1 Å². The van der Waals surface area contributed by atoms with Crippen LogP contribution in [0.15, 0.2) is 0 Å². The maximum Gasteiger partial charge on any atom is 0.127 e. The minimum atomic E-state index is -0.0912. The molecule has 3 heteroatoms. The first-order valence-corrected chi connectivity index (χ1v) is 15.2. The summed E-state index contributed by atoms with van der Waals surface area (Å²) in [5, 5.41) is 11.2. The maximum absolute atomic E-state index is 10.6. The molecular formula is C31H53BrO2. The van der Waals surface area contributed by atoms with Gasteiger partial charge >= 0.3 is 0 Å². The summed E-state index contributed by atoms with van der Waals surface area (Å²) in [5.41, 5.74) is 4.18. The Bertz CT molecular complexity index is 771. The van der Waals surface area contributed by atoms with Crippen LogP contribution in [-0.4, -0.2) is 10.7 Å². The number of alkyl halides is 1. The number of hydrogen-bond donors (Lipinski definition) is 1. The fourth-order valence-corrected chi connectivity index (χ4v) is 6.14. The number of aromatic hydroxyl groups is 1. The third-order valence-corrected chi connectivity index (χ3v) is 9.42. The first-order chi connectivity index (χ1) is 16.0. The van der Waals surface area contributed by atoms with E-state index < -0.39 is 0 Å². The summed E-state index contributed by atoms with van der Waals surface area (Å²) in [6.07, 6.45) is 14.0. The molecule has 0 spiro atoms. The largest absolute Gasteiger partial charge is 0.507 e. The Morgan fingerprint density at radius 3 is 2.00 bits per heavy atom. The first-order valence-electron chi connectivity index (χ1n) is 14.1. The molecule has 4 atom stereocenters. The molecule has 1 heterocycles. The van der Waals surface area contributed by atoms with Gasteiger partial charge in [0.2, 0.25) is 0 Å². The number of phenolic OH excluding ortho intramolecular Hbond substituents is 1. The van der Waals surface area contributed by atoms with Gasteiger partial charge in [0.15, 0.2) is 0 Å². The van der Waals surface area contributed by atoms with Crippen LogP contribution in [0.5, 0.6) is 11.5 Å². The summed E-state index contributed by atoms with van der Waals surface area (Å²) in [7, 11) is 0. The molecule has 0 amide bonds. The lowest BCUT2D eigenvalue weighted by atomic mass is 9.83. The van der Waals surface area contributed by atoms with Crippen molar-refractivity contribution in [3.8, 4) is 11.5 Å². The number of ether oxygens (including phenoxy) is 1. The Morgan fingerprint density at radius 2 is 1.44 bits per heavy atom. The lowest BCUT2D eigenvalue weighted by molar-refractivity contribution is 0.0511. The Kier molecular flexibility index (Phi) is 11.8. The van der Waals surface area contributed by atoms with Crippen molar-refractivity contribution in [2.24, 2.45) is 23.7 Å². The average molecular weight is 538 g/mol. The van der Waals surface area contributed by atoms with Gasteiger partial charge in [-0.1, -0.05) is 95.5 Å². The lowest BCUT2D eigenvalue weighted by Crippen LogP contribution is -2.37. The van der Waals surface area contributed by atoms with Crippen LogP contribution in [0, 0.1) is 37.5 Å². The molecule has 1 unspecified atom stereocenters. The van der Waals surface area contributed by atoms with Crippen molar-refractivity contribution in [1.82, 2.24) is 0 Å². The number of rotatable bonds is 14. The van der Waals surface area contributed by atoms with Gasteiger partial charge in [0, 0.05) is 16.5 Å². The zero-order valence-corrected chi connectivity index (χ0v) is 25.1. The normalized spacial score (nSPS) is 20.6. The molecule has 2 rings (SSSR count). The molecule has 1 aliphatic heterocycles. The molecule has 1 aliphatic rings. The number of hydrogen-bond acceptors (Lipinski definition) is 2. The number of phenols is 1. The summed E-state index contributed by atoms with van der Waals surface area (Å²) in [6.45, 7) is 18.4. The van der Waals surface area contributed by atoms with Crippen LogP contribution in [0.1, 0.15) is 128 Å². The van der Waals surface area contributed by atoms with Crippen molar-refractivity contribution in [2.75, 3.05) is 0 Å². The van der Waals surface area contributed by atoms with Crippen molar-refractivity contribution in [2.45, 2.75) is 137 Å². The van der Waals surface area contributed by atoms with Crippen molar-refractivity contribution in [1.29, 1.82) is 0 Å². The molecule has 1 aromatic carbocycles. The molecule has 196 valence electrons. The molecule has 0 bridgehead atoms. The zero-order valence-electron chi connectivity index (χ0n) is 23.5. The average Bonchev–Trinajstić information content (AvgIpc) is 2.78. The first kappa shape index (κ1) is 29.5. The van der Waals surface area contributed by atoms with Crippen LogP contribution < -0.4 is 4.74 Å². The predicted octanol–water partition coefficient (Wildman–Crippen LogP) is 10.1. The van der Waals surface area contributed by atoms with Crippen molar-refractivity contribution in [3.05, 3.63) is 22.3 Å². The van der Waals surface area contributed by atoms with Crippen LogP contribution in [0.4, 0.5) is 0 Å². The molecule has 1 aromatic rings. The summed E-state index contributed by atoms with van der Waals surface area (Å²) < 4.78 is 6.66. The highest BCUT2D eigenvalue weighted by Crippen LogP contribution is 2.45. The zero-order chi connectivity index (χ0) is 25.5. The number of benzene rings is 1. The third-order valence-electron chi connectivity index (χ3n) is 8.86. The second kappa shape index (κ2) is 13.6. The van der Waals surface area contributed by atoms with Crippen molar-refractivity contribution >= 4 is 15.9 Å². The predicted molar refractivity (Wildman–Crippen MR) is 151 cm³/mol. The smallest absolute Gasteiger partial charge is 0.127 e. The fraction of sp³-hybridized carbons (Fsp3) is 0.806. The lowest BCUT2D eigenvalue weighted by Gasteiger charge is -2.38. The SMILES string of the molecule is Cc1c(C)c2c(c(CBr)c1O)CCC(C)(CCC[C@H](C)CCC[C@H](C)CCC[C@H](C)C(C)C)O2. The van der Waals surface area contributed by atoms with E-state index in [-0.39, 0.29) is 5.60 Å². The summed E-state index contributed by atoms with van der Waals surface area (Å²) >= 11 is 3.57. The van der Waals surface area contributed by atoms with Gasteiger partial charge in [0.1, 0.15) is 17.1 Å².